The molecule has 0 atom stereocenters. The molecule has 0 aliphatic carbocycles. The summed E-state index contributed by atoms with van der Waals surface area (Å²) < 4.78 is 34.9. The number of halogens is 1. The summed E-state index contributed by atoms with van der Waals surface area (Å²) in [7, 11) is -3.73. The van der Waals surface area contributed by atoms with Gasteiger partial charge in [-0.1, -0.05) is 17.7 Å². The smallest absolute Gasteiger partial charge is 0.247 e. The van der Waals surface area contributed by atoms with Crippen LogP contribution in [0.2, 0.25) is 0 Å². The van der Waals surface area contributed by atoms with Crippen LogP contribution >= 0.6 is 15.9 Å². The number of rotatable bonds is 4. The third-order valence-electron chi connectivity index (χ3n) is 6.57. The lowest BCUT2D eigenvalue weighted by Crippen LogP contribution is -2.38. The van der Waals surface area contributed by atoms with Crippen molar-refractivity contribution in [3.05, 3.63) is 57.9 Å². The van der Waals surface area contributed by atoms with E-state index in [-0.39, 0.29) is 16.7 Å². The Balaban J connectivity index is 1.32. The van der Waals surface area contributed by atoms with Gasteiger partial charge < -0.3 is 9.32 Å². The number of benzene rings is 2. The minimum absolute atomic E-state index is 0.00909. The van der Waals surface area contributed by atoms with Gasteiger partial charge in [-0.2, -0.15) is 4.31 Å². The number of aryl methyl sites for hydroxylation is 1. The first-order valence-electron chi connectivity index (χ1n) is 11.2. The summed E-state index contributed by atoms with van der Waals surface area (Å²) in [6.45, 7) is 4.80. The van der Waals surface area contributed by atoms with Crippen LogP contribution in [-0.4, -0.2) is 48.5 Å². The van der Waals surface area contributed by atoms with Gasteiger partial charge >= 0.3 is 0 Å². The number of amides is 1. The molecule has 1 aromatic heterocycles. The molecule has 8 nitrogen and oxygen atoms in total. The van der Waals surface area contributed by atoms with Crippen molar-refractivity contribution in [2.45, 2.75) is 43.9 Å². The van der Waals surface area contributed by atoms with Crippen molar-refractivity contribution < 1.29 is 17.6 Å². The van der Waals surface area contributed by atoms with Gasteiger partial charge in [-0.25, -0.2) is 8.42 Å². The molecule has 10 heteroatoms. The van der Waals surface area contributed by atoms with E-state index in [0.717, 1.165) is 16.7 Å². The highest BCUT2D eigenvalue weighted by Crippen LogP contribution is 2.38. The van der Waals surface area contributed by atoms with Gasteiger partial charge in [0.15, 0.2) is 0 Å². The second-order valence-corrected chi connectivity index (χ2v) is 11.6. The number of anilines is 1. The predicted octanol–water partition coefficient (Wildman–Crippen LogP) is 4.28. The van der Waals surface area contributed by atoms with Crippen molar-refractivity contribution in [3.8, 4) is 11.5 Å². The maximum Gasteiger partial charge on any atom is 0.247 e. The molecule has 2 aliphatic heterocycles. The third kappa shape index (κ3) is 4.18. The molecule has 3 heterocycles. The summed E-state index contributed by atoms with van der Waals surface area (Å²) in [4.78, 5) is 13.8. The van der Waals surface area contributed by atoms with Crippen molar-refractivity contribution in [2.24, 2.45) is 0 Å². The Kier molecular flexibility index (Phi) is 6.07. The minimum Gasteiger partial charge on any atom is -0.420 e. The van der Waals surface area contributed by atoms with Gasteiger partial charge in [0.05, 0.1) is 4.90 Å². The number of piperidine rings is 1. The number of hydrogen-bond acceptors (Lipinski definition) is 6. The van der Waals surface area contributed by atoms with E-state index in [2.05, 4.69) is 26.1 Å². The molecule has 3 aromatic rings. The zero-order chi connectivity index (χ0) is 24.0. The zero-order valence-corrected chi connectivity index (χ0v) is 21.4. The normalized spacial score (nSPS) is 17.2. The lowest BCUT2D eigenvalue weighted by atomic mass is 9.98. The standard InChI is InChI=1S/C24H25BrN4O4S/c1-15-3-5-17(6-4-15)23-26-27-24(33-23)18-7-10-28(11-8-18)34(31,32)22-14-21-19(13-20(22)25)9-12-29(21)16(2)30/h3-6,13-14,18H,7-12H2,1-2H3. The van der Waals surface area contributed by atoms with E-state index >= 15 is 0 Å². The van der Waals surface area contributed by atoms with Gasteiger partial charge in [-0.3, -0.25) is 4.79 Å². The van der Waals surface area contributed by atoms with Crippen LogP contribution in [-0.2, 0) is 21.2 Å². The molecule has 0 unspecified atom stereocenters. The van der Waals surface area contributed by atoms with Crippen molar-refractivity contribution in [3.63, 3.8) is 0 Å². The molecule has 178 valence electrons. The molecule has 0 radical (unpaired) electrons. The Morgan fingerprint density at radius 3 is 2.47 bits per heavy atom. The average Bonchev–Trinajstić information content (AvgIpc) is 3.46. The third-order valence-corrected chi connectivity index (χ3v) is 9.43. The molecular formula is C24H25BrN4O4S. The van der Waals surface area contributed by atoms with E-state index in [1.54, 1.807) is 11.0 Å². The minimum atomic E-state index is -3.73. The quantitative estimate of drug-likeness (QED) is 0.486. The molecule has 1 saturated heterocycles. The van der Waals surface area contributed by atoms with E-state index in [1.165, 1.54) is 11.2 Å². The number of sulfonamides is 1. The Hall–Kier alpha value is -2.56. The molecule has 2 aromatic carbocycles. The predicted molar refractivity (Wildman–Crippen MR) is 131 cm³/mol. The van der Waals surface area contributed by atoms with Crippen LogP contribution < -0.4 is 4.90 Å². The molecule has 0 saturated carbocycles. The number of carbonyl (C=O) groups excluding carboxylic acids is 1. The second-order valence-electron chi connectivity index (χ2n) is 8.82. The number of carbonyl (C=O) groups is 1. The van der Waals surface area contributed by atoms with E-state index < -0.39 is 10.0 Å². The average molecular weight is 545 g/mol. The van der Waals surface area contributed by atoms with E-state index in [4.69, 9.17) is 4.42 Å². The van der Waals surface area contributed by atoms with Gasteiger partial charge in [-0.05, 0) is 71.9 Å². The molecule has 0 bridgehead atoms. The summed E-state index contributed by atoms with van der Waals surface area (Å²) in [6, 6.07) is 11.3. The fourth-order valence-corrected chi connectivity index (χ4v) is 7.15. The largest absolute Gasteiger partial charge is 0.420 e. The van der Waals surface area contributed by atoms with E-state index in [0.29, 0.717) is 60.8 Å². The maximum absolute atomic E-state index is 13.5. The zero-order valence-electron chi connectivity index (χ0n) is 19.0. The molecule has 5 rings (SSSR count). The number of aromatic nitrogens is 2. The van der Waals surface area contributed by atoms with Gasteiger partial charge in [0, 0.05) is 48.2 Å². The van der Waals surface area contributed by atoms with Crippen LogP contribution in [0.5, 0.6) is 0 Å². The van der Waals surface area contributed by atoms with Crippen LogP contribution in [0.15, 0.2) is 50.2 Å². The lowest BCUT2D eigenvalue weighted by molar-refractivity contribution is -0.116. The van der Waals surface area contributed by atoms with E-state index in [9.17, 15) is 13.2 Å². The molecule has 1 amide bonds. The fraction of sp³-hybridized carbons (Fsp3) is 0.375. The van der Waals surface area contributed by atoms with Crippen LogP contribution in [0.25, 0.3) is 11.5 Å². The summed E-state index contributed by atoms with van der Waals surface area (Å²) in [5, 5.41) is 8.42. The maximum atomic E-state index is 13.5. The summed E-state index contributed by atoms with van der Waals surface area (Å²) in [5.74, 6) is 0.940. The van der Waals surface area contributed by atoms with Crippen molar-refractivity contribution >= 4 is 37.5 Å². The first kappa shape index (κ1) is 23.2. The van der Waals surface area contributed by atoms with Gasteiger partial charge in [0.25, 0.3) is 0 Å². The SMILES string of the molecule is CC(=O)N1CCc2cc(Br)c(S(=O)(=O)N3CCC(c4nnc(-c5ccc(C)cc5)o4)CC3)cc21. The molecule has 0 spiro atoms. The second kappa shape index (κ2) is 8.90. The van der Waals surface area contributed by atoms with Gasteiger partial charge in [-0.15, -0.1) is 10.2 Å². The highest BCUT2D eigenvalue weighted by atomic mass is 79.9. The molecule has 34 heavy (non-hydrogen) atoms. The Morgan fingerprint density at radius 1 is 1.09 bits per heavy atom. The molecular weight excluding hydrogens is 520 g/mol. The lowest BCUT2D eigenvalue weighted by Gasteiger charge is -2.30. The monoisotopic (exact) mass is 544 g/mol. The molecule has 1 fully saturated rings. The Labute approximate surface area is 207 Å². The van der Waals surface area contributed by atoms with Crippen LogP contribution in [0.3, 0.4) is 0 Å². The number of nitrogens with zero attached hydrogens (tertiary/aromatic N) is 4. The highest BCUT2D eigenvalue weighted by Gasteiger charge is 2.35. The van der Waals surface area contributed by atoms with Crippen molar-refractivity contribution in [2.75, 3.05) is 24.5 Å². The van der Waals surface area contributed by atoms with Gasteiger partial charge in [0.2, 0.25) is 27.7 Å². The van der Waals surface area contributed by atoms with Crippen LogP contribution in [0, 0.1) is 6.92 Å². The molecule has 0 N–H and O–H groups in total. The van der Waals surface area contributed by atoms with E-state index in [1.807, 2.05) is 37.3 Å². The van der Waals surface area contributed by atoms with Crippen molar-refractivity contribution in [1.29, 1.82) is 0 Å². The topological polar surface area (TPSA) is 96.6 Å². The summed E-state index contributed by atoms with van der Waals surface area (Å²) in [6.07, 6.45) is 1.90. The van der Waals surface area contributed by atoms with Crippen LogP contribution in [0.1, 0.15) is 42.7 Å². The summed E-state index contributed by atoms with van der Waals surface area (Å²) in [5.41, 5.74) is 3.67. The first-order valence-corrected chi connectivity index (χ1v) is 13.5. The number of fused-ring (bicyclic) bond motifs is 1. The first-order chi connectivity index (χ1) is 16.2. The van der Waals surface area contributed by atoms with Gasteiger partial charge in [0.1, 0.15) is 0 Å². The summed E-state index contributed by atoms with van der Waals surface area (Å²) >= 11 is 3.44. The number of hydrogen-bond donors (Lipinski definition) is 0. The van der Waals surface area contributed by atoms with Crippen LogP contribution in [0.4, 0.5) is 5.69 Å². The fourth-order valence-electron chi connectivity index (χ4n) is 4.61. The van der Waals surface area contributed by atoms with Crippen molar-refractivity contribution in [1.82, 2.24) is 14.5 Å². The Morgan fingerprint density at radius 2 is 1.79 bits per heavy atom. The molecule has 2 aliphatic rings. The Bertz CT molecular complexity index is 1350. The highest BCUT2D eigenvalue weighted by molar-refractivity contribution is 9.10.